The van der Waals surface area contributed by atoms with Crippen molar-refractivity contribution in [1.82, 2.24) is 5.43 Å². The molecule has 6 nitrogen and oxygen atoms in total. The lowest BCUT2D eigenvalue weighted by molar-refractivity contribution is -0.118. The number of halogens is 2. The number of anilines is 1. The van der Waals surface area contributed by atoms with Crippen LogP contribution in [-0.4, -0.2) is 24.6 Å². The number of benzene rings is 3. The highest BCUT2D eigenvalue weighted by atomic mass is 79.9. The van der Waals surface area contributed by atoms with Gasteiger partial charge in [-0.3, -0.25) is 9.59 Å². The van der Waals surface area contributed by atoms with Gasteiger partial charge in [0.05, 0.1) is 6.21 Å². The average molecular weight is 501 g/mol. The predicted octanol–water partition coefficient (Wildman–Crippen LogP) is 5.19. The van der Waals surface area contributed by atoms with Gasteiger partial charge in [0.25, 0.3) is 11.8 Å². The van der Waals surface area contributed by atoms with Crippen LogP contribution in [0.4, 0.5) is 5.69 Å². The Kier molecular flexibility index (Phi) is 7.81. The normalized spacial score (nSPS) is 10.7. The Balaban J connectivity index is 1.46. The second-order valence-corrected chi connectivity index (χ2v) is 7.90. The van der Waals surface area contributed by atoms with Crippen molar-refractivity contribution in [1.29, 1.82) is 0 Å². The number of nitrogens with one attached hydrogen (secondary N) is 2. The summed E-state index contributed by atoms with van der Waals surface area (Å²) in [5, 5.41) is 7.27. The molecule has 0 radical (unpaired) electrons. The SMILES string of the molecule is Cc1ccc(NC(=O)COc2ccc(/C=N/NC(=O)c3ccc(Br)cc3)cc2)cc1Cl. The number of rotatable bonds is 7. The Labute approximate surface area is 193 Å². The first-order valence-corrected chi connectivity index (χ1v) is 10.5. The number of carbonyl (C=O) groups is 2. The number of ether oxygens (including phenoxy) is 1. The summed E-state index contributed by atoms with van der Waals surface area (Å²) in [7, 11) is 0. The zero-order valence-corrected chi connectivity index (χ0v) is 18.9. The van der Waals surface area contributed by atoms with Gasteiger partial charge < -0.3 is 10.1 Å². The van der Waals surface area contributed by atoms with Crippen LogP contribution in [-0.2, 0) is 4.79 Å². The van der Waals surface area contributed by atoms with E-state index >= 15 is 0 Å². The molecule has 31 heavy (non-hydrogen) atoms. The monoisotopic (exact) mass is 499 g/mol. The molecule has 0 heterocycles. The topological polar surface area (TPSA) is 79.8 Å². The number of hydrazone groups is 1. The lowest BCUT2D eigenvalue weighted by atomic mass is 10.2. The maximum absolute atomic E-state index is 12.0. The second-order valence-electron chi connectivity index (χ2n) is 6.58. The maximum Gasteiger partial charge on any atom is 0.271 e. The van der Waals surface area contributed by atoms with E-state index in [2.05, 4.69) is 31.8 Å². The van der Waals surface area contributed by atoms with E-state index < -0.39 is 0 Å². The van der Waals surface area contributed by atoms with Crippen LogP contribution in [0.3, 0.4) is 0 Å². The lowest BCUT2D eigenvalue weighted by Crippen LogP contribution is -2.20. The van der Waals surface area contributed by atoms with Gasteiger partial charge in [0, 0.05) is 20.7 Å². The van der Waals surface area contributed by atoms with Crippen LogP contribution in [0.5, 0.6) is 5.75 Å². The zero-order chi connectivity index (χ0) is 22.2. The van der Waals surface area contributed by atoms with E-state index in [0.717, 1.165) is 15.6 Å². The van der Waals surface area contributed by atoms with Crippen molar-refractivity contribution in [2.24, 2.45) is 5.10 Å². The van der Waals surface area contributed by atoms with Crippen molar-refractivity contribution in [2.75, 3.05) is 11.9 Å². The van der Waals surface area contributed by atoms with E-state index in [1.165, 1.54) is 6.21 Å². The van der Waals surface area contributed by atoms with Gasteiger partial charge in [-0.2, -0.15) is 5.10 Å². The van der Waals surface area contributed by atoms with Crippen LogP contribution in [0.2, 0.25) is 5.02 Å². The Morgan fingerprint density at radius 3 is 2.45 bits per heavy atom. The minimum atomic E-state index is -0.301. The van der Waals surface area contributed by atoms with Crippen LogP contribution < -0.4 is 15.5 Å². The molecule has 0 saturated carbocycles. The summed E-state index contributed by atoms with van der Waals surface area (Å²) in [6, 6.07) is 19.2. The molecule has 0 aromatic heterocycles. The summed E-state index contributed by atoms with van der Waals surface area (Å²) in [4.78, 5) is 24.1. The van der Waals surface area contributed by atoms with Crippen LogP contribution in [0.1, 0.15) is 21.5 Å². The average Bonchev–Trinajstić information content (AvgIpc) is 2.76. The lowest BCUT2D eigenvalue weighted by Gasteiger charge is -2.08. The molecule has 3 aromatic rings. The standard InChI is InChI=1S/C23H19BrClN3O3/c1-15-2-9-19(12-21(15)25)27-22(29)14-31-20-10-3-16(4-11-20)13-26-28-23(30)17-5-7-18(24)8-6-17/h2-13H,14H2,1H3,(H,27,29)(H,28,30)/b26-13+. The van der Waals surface area contributed by atoms with Gasteiger partial charge in [0.2, 0.25) is 0 Å². The molecule has 0 aliphatic carbocycles. The van der Waals surface area contributed by atoms with Crippen LogP contribution in [0, 0.1) is 6.92 Å². The van der Waals surface area contributed by atoms with E-state index in [1.807, 2.05) is 13.0 Å². The molecule has 3 rings (SSSR count). The molecule has 2 amide bonds. The third kappa shape index (κ3) is 6.94. The quantitative estimate of drug-likeness (QED) is 0.346. The molecule has 0 fully saturated rings. The third-order valence-corrected chi connectivity index (χ3v) is 5.13. The number of carbonyl (C=O) groups excluding carboxylic acids is 2. The Bertz CT molecular complexity index is 1100. The van der Waals surface area contributed by atoms with Crippen molar-refractivity contribution in [3.8, 4) is 5.75 Å². The van der Waals surface area contributed by atoms with Crippen molar-refractivity contribution < 1.29 is 14.3 Å². The van der Waals surface area contributed by atoms with E-state index in [1.54, 1.807) is 60.7 Å². The van der Waals surface area contributed by atoms with Crippen LogP contribution in [0.15, 0.2) is 76.3 Å². The number of aryl methyl sites for hydroxylation is 1. The molecule has 8 heteroatoms. The van der Waals surface area contributed by atoms with Gasteiger partial charge in [-0.05, 0) is 78.7 Å². The van der Waals surface area contributed by atoms with E-state index in [0.29, 0.717) is 22.0 Å². The summed E-state index contributed by atoms with van der Waals surface area (Å²) < 4.78 is 6.39. The summed E-state index contributed by atoms with van der Waals surface area (Å²) in [5.74, 6) is -0.0565. The Hall–Kier alpha value is -3.16. The van der Waals surface area contributed by atoms with Gasteiger partial charge in [0.1, 0.15) is 5.75 Å². The molecule has 3 aromatic carbocycles. The molecule has 0 unspecified atom stereocenters. The molecule has 2 N–H and O–H groups in total. The molecule has 0 atom stereocenters. The van der Waals surface area contributed by atoms with Gasteiger partial charge in [-0.15, -0.1) is 0 Å². The fourth-order valence-corrected chi connectivity index (χ4v) is 2.94. The Morgan fingerprint density at radius 2 is 1.77 bits per heavy atom. The molecular formula is C23H19BrClN3O3. The van der Waals surface area contributed by atoms with Crippen LogP contribution >= 0.6 is 27.5 Å². The molecular weight excluding hydrogens is 482 g/mol. The summed E-state index contributed by atoms with van der Waals surface area (Å²) in [5.41, 5.74) is 5.30. The van der Waals surface area contributed by atoms with E-state index in [9.17, 15) is 9.59 Å². The van der Waals surface area contributed by atoms with Gasteiger partial charge in [-0.1, -0.05) is 33.6 Å². The number of nitrogens with zero attached hydrogens (tertiary/aromatic N) is 1. The Morgan fingerprint density at radius 1 is 1.06 bits per heavy atom. The first kappa shape index (κ1) is 22.5. The van der Waals surface area contributed by atoms with Gasteiger partial charge in [-0.25, -0.2) is 5.43 Å². The number of amides is 2. The fraction of sp³-hybridized carbons (Fsp3) is 0.0870. The molecule has 0 aliphatic rings. The minimum Gasteiger partial charge on any atom is -0.484 e. The summed E-state index contributed by atoms with van der Waals surface area (Å²) >= 11 is 9.38. The first-order chi connectivity index (χ1) is 14.9. The molecule has 0 aliphatic heterocycles. The van der Waals surface area contributed by atoms with Gasteiger partial charge in [0.15, 0.2) is 6.61 Å². The highest BCUT2D eigenvalue weighted by Gasteiger charge is 2.06. The third-order valence-electron chi connectivity index (χ3n) is 4.19. The minimum absolute atomic E-state index is 0.137. The van der Waals surface area contributed by atoms with Crippen LogP contribution in [0.25, 0.3) is 0 Å². The largest absolute Gasteiger partial charge is 0.484 e. The number of hydrogen-bond acceptors (Lipinski definition) is 4. The molecule has 0 bridgehead atoms. The van der Waals surface area contributed by atoms with E-state index in [4.69, 9.17) is 16.3 Å². The van der Waals surface area contributed by atoms with Crippen molar-refractivity contribution in [3.63, 3.8) is 0 Å². The molecule has 0 saturated heterocycles. The number of hydrogen-bond donors (Lipinski definition) is 2. The van der Waals surface area contributed by atoms with E-state index in [-0.39, 0.29) is 18.4 Å². The summed E-state index contributed by atoms with van der Waals surface area (Å²) in [6.07, 6.45) is 1.52. The predicted molar refractivity (Wildman–Crippen MR) is 126 cm³/mol. The second kappa shape index (κ2) is 10.7. The highest BCUT2D eigenvalue weighted by Crippen LogP contribution is 2.20. The maximum atomic E-state index is 12.0. The van der Waals surface area contributed by atoms with Crippen molar-refractivity contribution in [3.05, 3.63) is 92.9 Å². The molecule has 158 valence electrons. The summed E-state index contributed by atoms with van der Waals surface area (Å²) in [6.45, 7) is 1.75. The zero-order valence-electron chi connectivity index (χ0n) is 16.6. The van der Waals surface area contributed by atoms with Gasteiger partial charge >= 0.3 is 0 Å². The van der Waals surface area contributed by atoms with Crippen molar-refractivity contribution >= 4 is 51.2 Å². The first-order valence-electron chi connectivity index (χ1n) is 9.28. The smallest absolute Gasteiger partial charge is 0.271 e. The highest BCUT2D eigenvalue weighted by molar-refractivity contribution is 9.10. The van der Waals surface area contributed by atoms with Crippen molar-refractivity contribution in [2.45, 2.75) is 6.92 Å². The molecule has 0 spiro atoms. The fourth-order valence-electron chi connectivity index (χ4n) is 2.50.